The van der Waals surface area contributed by atoms with Crippen molar-refractivity contribution in [3.05, 3.63) is 47.5 Å². The molecule has 4 atom stereocenters. The number of aliphatic hydroxyl groups is 2. The zero-order chi connectivity index (χ0) is 25.1. The van der Waals surface area contributed by atoms with Gasteiger partial charge in [-0.15, -0.1) is 0 Å². The van der Waals surface area contributed by atoms with Crippen LogP contribution in [0.1, 0.15) is 41.8 Å². The number of aromatic nitrogens is 4. The van der Waals surface area contributed by atoms with Crippen molar-refractivity contribution in [3.63, 3.8) is 0 Å². The molecule has 12 heteroatoms. The van der Waals surface area contributed by atoms with Crippen LogP contribution in [0.5, 0.6) is 0 Å². The van der Waals surface area contributed by atoms with E-state index in [9.17, 15) is 19.8 Å². The van der Waals surface area contributed by atoms with Crippen LogP contribution in [0.15, 0.2) is 30.6 Å². The molecule has 4 N–H and O–H groups in total. The van der Waals surface area contributed by atoms with E-state index in [1.54, 1.807) is 24.3 Å². The summed E-state index contributed by atoms with van der Waals surface area (Å²) in [5.41, 5.74) is 4.38. The van der Waals surface area contributed by atoms with Gasteiger partial charge < -0.3 is 20.3 Å². The van der Waals surface area contributed by atoms with E-state index in [4.69, 9.17) is 9.57 Å². The van der Waals surface area contributed by atoms with Crippen molar-refractivity contribution in [2.75, 3.05) is 19.1 Å². The summed E-state index contributed by atoms with van der Waals surface area (Å²) in [5, 5.41) is 23.6. The van der Waals surface area contributed by atoms with E-state index >= 15 is 0 Å². The molecule has 0 aliphatic carbocycles. The number of nitrogens with zero attached hydrogens (tertiary/aromatic N) is 4. The second-order valence-electron chi connectivity index (χ2n) is 7.90. The Labute approximate surface area is 200 Å². The fraction of sp³-hybridized carbons (Fsp3) is 0.348. The minimum Gasteiger partial charge on any atom is -0.387 e. The molecule has 2 aromatic heterocycles. The number of imidazole rings is 1. The molecular weight excluding hydrogens is 456 g/mol. The maximum absolute atomic E-state index is 11.6. The molecule has 12 nitrogen and oxygen atoms in total. The summed E-state index contributed by atoms with van der Waals surface area (Å²) < 4.78 is 7.28. The standard InChI is InChI=1S/C23H24N6O6/c1-12(30)15-6-4-5-14(9-15)7-8-17-26-21(28-34-3)18-22(27-17)29(11-25-18)23-20(33)19(32)16(35-23)10-24-13(2)31/h4-6,9,11,16,19-20,23,32-33H,10H2,1-3H3,(H,24,31)(H,26,27,28)/t16-,19-,20-,23-/m1/s1. The summed E-state index contributed by atoms with van der Waals surface area (Å²) in [4.78, 5) is 41.0. The van der Waals surface area contributed by atoms with E-state index in [0.29, 0.717) is 16.6 Å². The van der Waals surface area contributed by atoms with Crippen LogP contribution >= 0.6 is 0 Å². The van der Waals surface area contributed by atoms with E-state index in [2.05, 4.69) is 37.6 Å². The highest BCUT2D eigenvalue weighted by Gasteiger charge is 2.44. The minimum absolute atomic E-state index is 0.0260. The monoisotopic (exact) mass is 480 g/mol. The van der Waals surface area contributed by atoms with E-state index in [0.717, 1.165) is 0 Å². The summed E-state index contributed by atoms with van der Waals surface area (Å²) in [5.74, 6) is 5.80. The summed E-state index contributed by atoms with van der Waals surface area (Å²) in [7, 11) is 1.41. The lowest BCUT2D eigenvalue weighted by Gasteiger charge is -2.16. The van der Waals surface area contributed by atoms with Gasteiger partial charge in [-0.25, -0.2) is 15.4 Å². The maximum Gasteiger partial charge on any atom is 0.216 e. The molecule has 1 aliphatic heterocycles. The van der Waals surface area contributed by atoms with Gasteiger partial charge >= 0.3 is 0 Å². The zero-order valence-corrected chi connectivity index (χ0v) is 19.2. The van der Waals surface area contributed by atoms with Gasteiger partial charge in [-0.05, 0) is 25.0 Å². The number of hydrogen-bond acceptors (Lipinski definition) is 10. The number of ketones is 1. The number of rotatable bonds is 6. The quantitative estimate of drug-likeness (QED) is 0.217. The molecule has 3 aromatic rings. The van der Waals surface area contributed by atoms with Gasteiger partial charge in [-0.2, -0.15) is 4.98 Å². The normalized spacial score (nSPS) is 21.4. The van der Waals surface area contributed by atoms with Crippen molar-refractivity contribution in [1.82, 2.24) is 24.8 Å². The Morgan fingerprint density at radius 2 is 2.00 bits per heavy atom. The van der Waals surface area contributed by atoms with Gasteiger partial charge in [-0.3, -0.25) is 19.0 Å². The number of carbonyl (C=O) groups excluding carboxylic acids is 2. The van der Waals surface area contributed by atoms with Crippen LogP contribution in [0.3, 0.4) is 0 Å². The smallest absolute Gasteiger partial charge is 0.216 e. The first-order chi connectivity index (χ1) is 16.8. The van der Waals surface area contributed by atoms with Crippen molar-refractivity contribution in [2.45, 2.75) is 38.4 Å². The van der Waals surface area contributed by atoms with Crippen LogP contribution in [0.25, 0.3) is 11.2 Å². The molecule has 0 spiro atoms. The summed E-state index contributed by atoms with van der Waals surface area (Å²) in [6.07, 6.45) is -3.00. The third-order valence-corrected chi connectivity index (χ3v) is 5.37. The first-order valence-corrected chi connectivity index (χ1v) is 10.7. The van der Waals surface area contributed by atoms with Crippen LogP contribution < -0.4 is 10.8 Å². The first kappa shape index (κ1) is 24.2. The number of benzene rings is 1. The van der Waals surface area contributed by atoms with Crippen LogP contribution in [0, 0.1) is 11.8 Å². The van der Waals surface area contributed by atoms with Gasteiger partial charge in [0.25, 0.3) is 0 Å². The average molecular weight is 480 g/mol. The number of Topliss-reactive ketones (excluding diaryl/α,β-unsaturated/α-hetero) is 1. The van der Waals surface area contributed by atoms with Crippen molar-refractivity contribution >= 4 is 28.7 Å². The Kier molecular flexibility index (Phi) is 7.04. The number of anilines is 1. The fourth-order valence-electron chi connectivity index (χ4n) is 3.64. The second-order valence-corrected chi connectivity index (χ2v) is 7.90. The molecule has 0 saturated carbocycles. The number of hydrogen-bond donors (Lipinski definition) is 4. The maximum atomic E-state index is 11.6. The van der Waals surface area contributed by atoms with E-state index < -0.39 is 24.5 Å². The topological polar surface area (TPSA) is 161 Å². The molecule has 4 rings (SSSR count). The van der Waals surface area contributed by atoms with Gasteiger partial charge in [0.15, 0.2) is 29.0 Å². The van der Waals surface area contributed by atoms with Gasteiger partial charge in [0, 0.05) is 24.6 Å². The van der Waals surface area contributed by atoms with Gasteiger partial charge in [0.2, 0.25) is 11.7 Å². The zero-order valence-electron chi connectivity index (χ0n) is 19.2. The average Bonchev–Trinajstić information content (AvgIpc) is 3.37. The highest BCUT2D eigenvalue weighted by atomic mass is 16.6. The third kappa shape index (κ3) is 5.13. The van der Waals surface area contributed by atoms with E-state index in [1.165, 1.54) is 31.9 Å². The predicted molar refractivity (Wildman–Crippen MR) is 123 cm³/mol. The molecular formula is C23H24N6O6. The summed E-state index contributed by atoms with van der Waals surface area (Å²) in [6.45, 7) is 2.85. The summed E-state index contributed by atoms with van der Waals surface area (Å²) in [6, 6.07) is 6.87. The SMILES string of the molecule is CONc1nc(C#Cc2cccc(C(C)=O)c2)nc2c1ncn2[C@@H]1O[C@H](CNC(C)=O)[C@@H](O)[C@H]1O. The van der Waals surface area contributed by atoms with E-state index in [1.807, 2.05) is 0 Å². The highest BCUT2D eigenvalue weighted by molar-refractivity contribution is 5.94. The molecule has 0 radical (unpaired) electrons. The Morgan fingerprint density at radius 3 is 2.71 bits per heavy atom. The van der Waals surface area contributed by atoms with Gasteiger partial charge in [0.05, 0.1) is 13.4 Å². The molecule has 1 aliphatic rings. The summed E-state index contributed by atoms with van der Waals surface area (Å²) >= 11 is 0. The van der Waals surface area contributed by atoms with Crippen LogP contribution in [0.2, 0.25) is 0 Å². The molecule has 1 fully saturated rings. The molecule has 1 aromatic carbocycles. The number of amides is 1. The van der Waals surface area contributed by atoms with Crippen LogP contribution in [-0.4, -0.2) is 73.4 Å². The van der Waals surface area contributed by atoms with Crippen molar-refractivity contribution in [1.29, 1.82) is 0 Å². The van der Waals surface area contributed by atoms with Crippen molar-refractivity contribution in [3.8, 4) is 11.8 Å². The predicted octanol–water partition coefficient (Wildman–Crippen LogP) is 0.157. The number of nitrogens with one attached hydrogen (secondary N) is 2. The lowest BCUT2D eigenvalue weighted by Crippen LogP contribution is -2.39. The molecule has 0 unspecified atom stereocenters. The Hall–Kier alpha value is -3.89. The van der Waals surface area contributed by atoms with Crippen LogP contribution in [-0.2, 0) is 14.4 Å². The highest BCUT2D eigenvalue weighted by Crippen LogP contribution is 2.32. The second kappa shape index (κ2) is 10.2. The number of fused-ring (bicyclic) bond motifs is 1. The Bertz CT molecular complexity index is 1330. The lowest BCUT2D eigenvalue weighted by atomic mass is 10.1. The Morgan fingerprint density at radius 1 is 1.20 bits per heavy atom. The fourth-order valence-corrected chi connectivity index (χ4v) is 3.64. The third-order valence-electron chi connectivity index (χ3n) is 5.37. The Balaban J connectivity index is 1.71. The van der Waals surface area contributed by atoms with Gasteiger partial charge in [-0.1, -0.05) is 18.1 Å². The number of ether oxygens (including phenoxy) is 1. The number of carbonyl (C=O) groups is 2. The van der Waals surface area contributed by atoms with Crippen molar-refractivity contribution in [2.24, 2.45) is 0 Å². The molecule has 182 valence electrons. The molecule has 35 heavy (non-hydrogen) atoms. The number of aliphatic hydroxyl groups excluding tert-OH is 2. The van der Waals surface area contributed by atoms with Crippen LogP contribution in [0.4, 0.5) is 5.82 Å². The molecule has 1 saturated heterocycles. The molecule has 0 bridgehead atoms. The lowest BCUT2D eigenvalue weighted by molar-refractivity contribution is -0.120. The van der Waals surface area contributed by atoms with Gasteiger partial charge in [0.1, 0.15) is 18.3 Å². The minimum atomic E-state index is -1.30. The largest absolute Gasteiger partial charge is 0.387 e. The molecule has 1 amide bonds. The molecule has 3 heterocycles. The van der Waals surface area contributed by atoms with E-state index in [-0.39, 0.29) is 35.5 Å². The first-order valence-electron chi connectivity index (χ1n) is 10.7. The van der Waals surface area contributed by atoms with Crippen molar-refractivity contribution < 1.29 is 29.4 Å².